The zero-order valence-corrected chi connectivity index (χ0v) is 7.51. The van der Waals surface area contributed by atoms with Crippen LogP contribution in [0, 0.1) is 12.5 Å². The topological polar surface area (TPSA) is 3.24 Å². The summed E-state index contributed by atoms with van der Waals surface area (Å²) >= 11 is 0. The van der Waals surface area contributed by atoms with Crippen LogP contribution in [-0.2, 0) is 0 Å². The van der Waals surface area contributed by atoms with E-state index in [-0.39, 0.29) is 0 Å². The molecule has 1 nitrogen and oxygen atoms in total. The van der Waals surface area contributed by atoms with Gasteiger partial charge in [-0.15, -0.1) is 0 Å². The van der Waals surface area contributed by atoms with E-state index in [1.807, 2.05) is 0 Å². The van der Waals surface area contributed by atoms with E-state index in [0.29, 0.717) is 12.1 Å². The highest BCUT2D eigenvalue weighted by atomic mass is 15.2. The largest absolute Gasteiger partial charge is 0.327 e. The van der Waals surface area contributed by atoms with Gasteiger partial charge in [0.15, 0.2) is 0 Å². The van der Waals surface area contributed by atoms with Crippen LogP contribution in [0.4, 0.5) is 0 Å². The van der Waals surface area contributed by atoms with Crippen LogP contribution in [0.3, 0.4) is 0 Å². The number of nitrogens with zero attached hydrogens (tertiary/aromatic N) is 1. The standard InChI is InChI=1S/C10H17N/c1-4-11(9(2)3)10-7-5-6-8-10/h1,9-10H,5-8H2,2-3H3. The molecule has 1 aliphatic rings. The van der Waals surface area contributed by atoms with E-state index < -0.39 is 0 Å². The maximum Gasteiger partial charge on any atom is 0.0374 e. The maximum atomic E-state index is 5.43. The fourth-order valence-electron chi connectivity index (χ4n) is 1.86. The van der Waals surface area contributed by atoms with Gasteiger partial charge in [-0.25, -0.2) is 0 Å². The maximum absolute atomic E-state index is 5.43. The second-order valence-electron chi connectivity index (χ2n) is 3.57. The van der Waals surface area contributed by atoms with Gasteiger partial charge in [0.1, 0.15) is 0 Å². The third-order valence-corrected chi connectivity index (χ3v) is 2.42. The van der Waals surface area contributed by atoms with E-state index in [1.54, 1.807) is 0 Å². The van der Waals surface area contributed by atoms with Gasteiger partial charge < -0.3 is 4.90 Å². The van der Waals surface area contributed by atoms with Gasteiger partial charge in [-0.2, -0.15) is 0 Å². The molecular formula is C10H17N. The molecule has 1 fully saturated rings. The van der Waals surface area contributed by atoms with Crippen LogP contribution in [-0.4, -0.2) is 17.0 Å². The number of hydrogen-bond acceptors (Lipinski definition) is 1. The predicted octanol–water partition coefficient (Wildman–Crippen LogP) is 2.23. The quantitative estimate of drug-likeness (QED) is 0.432. The van der Waals surface area contributed by atoms with E-state index in [4.69, 9.17) is 6.42 Å². The first-order chi connectivity index (χ1) is 5.25. The number of rotatable bonds is 2. The number of terminal acetylenes is 1. The van der Waals surface area contributed by atoms with Crippen molar-refractivity contribution in [1.29, 1.82) is 0 Å². The van der Waals surface area contributed by atoms with Crippen molar-refractivity contribution >= 4 is 0 Å². The number of hydrogen-bond donors (Lipinski definition) is 0. The van der Waals surface area contributed by atoms with Gasteiger partial charge >= 0.3 is 0 Å². The molecule has 0 spiro atoms. The van der Waals surface area contributed by atoms with Crippen LogP contribution in [0.2, 0.25) is 0 Å². The second-order valence-corrected chi connectivity index (χ2v) is 3.57. The summed E-state index contributed by atoms with van der Waals surface area (Å²) in [5.41, 5.74) is 0. The highest BCUT2D eigenvalue weighted by Crippen LogP contribution is 2.24. The van der Waals surface area contributed by atoms with Gasteiger partial charge in [0, 0.05) is 18.1 Å². The molecule has 0 amide bonds. The Labute approximate surface area is 69.8 Å². The lowest BCUT2D eigenvalue weighted by Crippen LogP contribution is -2.34. The molecule has 0 aromatic carbocycles. The molecular weight excluding hydrogens is 134 g/mol. The molecule has 0 unspecified atom stereocenters. The predicted molar refractivity (Wildman–Crippen MR) is 48.1 cm³/mol. The highest BCUT2D eigenvalue weighted by Gasteiger charge is 2.21. The Morgan fingerprint density at radius 3 is 2.27 bits per heavy atom. The molecule has 1 aliphatic carbocycles. The molecule has 0 aromatic rings. The average molecular weight is 151 g/mol. The van der Waals surface area contributed by atoms with Crippen LogP contribution in [0.1, 0.15) is 39.5 Å². The summed E-state index contributed by atoms with van der Waals surface area (Å²) < 4.78 is 0. The molecule has 11 heavy (non-hydrogen) atoms. The zero-order valence-electron chi connectivity index (χ0n) is 7.51. The van der Waals surface area contributed by atoms with Crippen molar-refractivity contribution in [1.82, 2.24) is 4.90 Å². The molecule has 1 saturated carbocycles. The van der Waals surface area contributed by atoms with E-state index >= 15 is 0 Å². The average Bonchev–Trinajstić information content (AvgIpc) is 2.40. The Kier molecular flexibility index (Phi) is 2.82. The lowest BCUT2D eigenvalue weighted by Gasteiger charge is -2.28. The normalized spacial score (nSPS) is 18.7. The van der Waals surface area contributed by atoms with Crippen LogP contribution in [0.5, 0.6) is 0 Å². The van der Waals surface area contributed by atoms with Gasteiger partial charge in [0.25, 0.3) is 0 Å². The first-order valence-corrected chi connectivity index (χ1v) is 4.50. The SMILES string of the molecule is C#CN(C(C)C)C1CCCC1. The summed E-state index contributed by atoms with van der Waals surface area (Å²) in [6, 6.07) is 3.95. The minimum Gasteiger partial charge on any atom is -0.327 e. The summed E-state index contributed by atoms with van der Waals surface area (Å²) in [6.07, 6.45) is 10.7. The molecule has 0 bridgehead atoms. The lowest BCUT2D eigenvalue weighted by atomic mass is 10.2. The highest BCUT2D eigenvalue weighted by molar-refractivity contribution is 4.93. The summed E-state index contributed by atoms with van der Waals surface area (Å²) in [6.45, 7) is 4.33. The minimum atomic E-state index is 0.503. The van der Waals surface area contributed by atoms with Gasteiger partial charge in [-0.1, -0.05) is 19.3 Å². The van der Waals surface area contributed by atoms with Crippen molar-refractivity contribution in [2.24, 2.45) is 0 Å². The van der Waals surface area contributed by atoms with E-state index in [0.717, 1.165) is 0 Å². The monoisotopic (exact) mass is 151 g/mol. The van der Waals surface area contributed by atoms with Crippen molar-refractivity contribution in [2.45, 2.75) is 51.6 Å². The molecule has 0 heterocycles. The first-order valence-electron chi connectivity index (χ1n) is 4.50. The van der Waals surface area contributed by atoms with Gasteiger partial charge in [-0.3, -0.25) is 0 Å². The Bertz CT molecular complexity index is 149. The zero-order chi connectivity index (χ0) is 8.27. The molecule has 0 atom stereocenters. The second kappa shape index (κ2) is 3.67. The van der Waals surface area contributed by atoms with E-state index in [9.17, 15) is 0 Å². The lowest BCUT2D eigenvalue weighted by molar-refractivity contribution is 0.247. The minimum absolute atomic E-state index is 0.503. The third-order valence-electron chi connectivity index (χ3n) is 2.42. The van der Waals surface area contributed by atoms with Crippen molar-refractivity contribution in [3.63, 3.8) is 0 Å². The Morgan fingerprint density at radius 2 is 1.91 bits per heavy atom. The molecule has 0 N–H and O–H groups in total. The van der Waals surface area contributed by atoms with Crippen LogP contribution in [0.15, 0.2) is 0 Å². The molecule has 62 valence electrons. The van der Waals surface area contributed by atoms with Crippen LogP contribution in [0.25, 0.3) is 0 Å². The Balaban J connectivity index is 2.48. The van der Waals surface area contributed by atoms with Gasteiger partial charge in [-0.05, 0) is 26.7 Å². The third kappa shape index (κ3) is 1.89. The molecule has 0 aromatic heterocycles. The van der Waals surface area contributed by atoms with E-state index in [2.05, 4.69) is 24.8 Å². The van der Waals surface area contributed by atoms with Crippen molar-refractivity contribution in [2.75, 3.05) is 0 Å². The molecule has 0 aliphatic heterocycles. The van der Waals surface area contributed by atoms with Crippen LogP contribution < -0.4 is 0 Å². The van der Waals surface area contributed by atoms with Crippen molar-refractivity contribution in [3.05, 3.63) is 0 Å². The van der Waals surface area contributed by atoms with Gasteiger partial charge in [0.05, 0.1) is 0 Å². The first kappa shape index (κ1) is 8.46. The molecule has 0 radical (unpaired) electrons. The Hall–Kier alpha value is -0.640. The molecule has 1 rings (SSSR count). The summed E-state index contributed by atoms with van der Waals surface area (Å²) in [7, 11) is 0. The van der Waals surface area contributed by atoms with E-state index in [1.165, 1.54) is 25.7 Å². The smallest absolute Gasteiger partial charge is 0.0374 e. The van der Waals surface area contributed by atoms with Crippen LogP contribution >= 0.6 is 0 Å². The fourth-order valence-corrected chi connectivity index (χ4v) is 1.86. The fraction of sp³-hybridized carbons (Fsp3) is 0.800. The molecule has 1 heteroatoms. The Morgan fingerprint density at radius 1 is 1.36 bits per heavy atom. The van der Waals surface area contributed by atoms with Crippen molar-refractivity contribution in [3.8, 4) is 12.5 Å². The summed E-state index contributed by atoms with van der Waals surface area (Å²) in [5, 5.41) is 0. The summed E-state index contributed by atoms with van der Waals surface area (Å²) in [5.74, 6) is 0. The van der Waals surface area contributed by atoms with Gasteiger partial charge in [0.2, 0.25) is 0 Å². The molecule has 0 saturated heterocycles. The summed E-state index contributed by atoms with van der Waals surface area (Å²) in [4.78, 5) is 2.16. The van der Waals surface area contributed by atoms with Crippen molar-refractivity contribution < 1.29 is 0 Å².